The predicted octanol–water partition coefficient (Wildman–Crippen LogP) is -0.0378. The van der Waals surface area contributed by atoms with E-state index in [9.17, 15) is 0 Å². The summed E-state index contributed by atoms with van der Waals surface area (Å²) in [4.78, 5) is 3.89. The maximum Gasteiger partial charge on any atom is 0.160 e. The second kappa shape index (κ2) is 10.3. The summed E-state index contributed by atoms with van der Waals surface area (Å²) in [6.45, 7) is 5.18. The van der Waals surface area contributed by atoms with E-state index in [4.69, 9.17) is 32.7 Å². The number of methoxy groups -OCH3 is 2. The van der Waals surface area contributed by atoms with E-state index < -0.39 is 0 Å². The van der Waals surface area contributed by atoms with Crippen LogP contribution in [0.5, 0.6) is 11.5 Å². The summed E-state index contributed by atoms with van der Waals surface area (Å²) < 4.78 is 10.7. The number of nitrogens with one attached hydrogen (secondary N) is 1. The number of para-hydroxylation sites is 1. The molecule has 4 nitrogen and oxygen atoms in total. The fourth-order valence-electron chi connectivity index (χ4n) is 3.44. The van der Waals surface area contributed by atoms with E-state index in [-0.39, 0.29) is 12.4 Å². The lowest BCUT2D eigenvalue weighted by Crippen LogP contribution is -3.15. The molecule has 1 fully saturated rings. The minimum absolute atomic E-state index is 0. The molecule has 0 amide bonds. The third-order valence-corrected chi connectivity index (χ3v) is 5.55. The first-order valence-electron chi connectivity index (χ1n) is 8.86. The fraction of sp³-hybridized carbons (Fsp3) is 0.400. The molecular weight excluding hydrogens is 407 g/mol. The summed E-state index contributed by atoms with van der Waals surface area (Å²) in [6.07, 6.45) is 1.02. The Hall–Kier alpha value is -1.33. The van der Waals surface area contributed by atoms with Crippen LogP contribution >= 0.6 is 23.2 Å². The van der Waals surface area contributed by atoms with Gasteiger partial charge in [0.2, 0.25) is 0 Å². The Morgan fingerprint density at radius 3 is 2.19 bits per heavy atom. The van der Waals surface area contributed by atoms with Crippen LogP contribution in [0.15, 0.2) is 36.4 Å². The van der Waals surface area contributed by atoms with E-state index in [2.05, 4.69) is 17.0 Å². The molecule has 1 aliphatic rings. The average molecular weight is 432 g/mol. The Labute approximate surface area is 177 Å². The molecule has 0 atom stereocenters. The van der Waals surface area contributed by atoms with Gasteiger partial charge in [-0.3, -0.25) is 0 Å². The second-order valence-corrected chi connectivity index (χ2v) is 7.31. The highest BCUT2D eigenvalue weighted by atomic mass is 35.5. The van der Waals surface area contributed by atoms with Crippen molar-refractivity contribution >= 4 is 28.9 Å². The van der Waals surface area contributed by atoms with Crippen molar-refractivity contribution in [3.05, 3.63) is 52.0 Å². The van der Waals surface area contributed by atoms with Crippen molar-refractivity contribution in [2.75, 3.05) is 51.8 Å². The molecule has 0 aromatic heterocycles. The maximum atomic E-state index is 6.34. The first kappa shape index (κ1) is 22.0. The zero-order valence-electron chi connectivity index (χ0n) is 15.6. The Morgan fingerprint density at radius 1 is 0.963 bits per heavy atom. The number of benzene rings is 2. The zero-order chi connectivity index (χ0) is 18.5. The summed E-state index contributed by atoms with van der Waals surface area (Å²) in [5, 5.41) is 1.46. The summed E-state index contributed by atoms with van der Waals surface area (Å²) in [5.74, 6) is 1.56. The summed E-state index contributed by atoms with van der Waals surface area (Å²) in [5.41, 5.74) is 2.24. The number of ether oxygens (including phenoxy) is 2. The van der Waals surface area contributed by atoms with Gasteiger partial charge in [0.1, 0.15) is 0 Å². The number of hydrogen-bond donors (Lipinski definition) is 1. The number of halogens is 3. The number of anilines is 1. The summed E-state index contributed by atoms with van der Waals surface area (Å²) in [6, 6.07) is 11.8. The molecule has 1 N–H and O–H groups in total. The Kier molecular flexibility index (Phi) is 8.36. The minimum atomic E-state index is 0. The number of piperazine rings is 1. The van der Waals surface area contributed by atoms with E-state index in [1.165, 1.54) is 5.56 Å². The van der Waals surface area contributed by atoms with Crippen molar-refractivity contribution < 1.29 is 26.8 Å². The van der Waals surface area contributed by atoms with Crippen LogP contribution in [0.25, 0.3) is 0 Å². The van der Waals surface area contributed by atoms with E-state index >= 15 is 0 Å². The van der Waals surface area contributed by atoms with Crippen LogP contribution in [0.3, 0.4) is 0 Å². The van der Waals surface area contributed by atoms with Gasteiger partial charge >= 0.3 is 0 Å². The molecule has 27 heavy (non-hydrogen) atoms. The molecule has 0 bridgehead atoms. The van der Waals surface area contributed by atoms with Crippen LogP contribution in [0.4, 0.5) is 5.69 Å². The number of nitrogens with zero attached hydrogens (tertiary/aromatic N) is 1. The zero-order valence-corrected chi connectivity index (χ0v) is 17.9. The number of quaternary nitrogens is 1. The molecule has 1 saturated heterocycles. The van der Waals surface area contributed by atoms with Gasteiger partial charge in [0.15, 0.2) is 11.5 Å². The van der Waals surface area contributed by atoms with Crippen LogP contribution in [0.2, 0.25) is 10.0 Å². The highest BCUT2D eigenvalue weighted by molar-refractivity contribution is 6.39. The van der Waals surface area contributed by atoms with Crippen molar-refractivity contribution in [2.45, 2.75) is 6.42 Å². The third kappa shape index (κ3) is 5.35. The first-order valence-corrected chi connectivity index (χ1v) is 9.61. The molecule has 2 aromatic carbocycles. The molecular formula is C20H25Cl3N2O2. The number of rotatable bonds is 6. The van der Waals surface area contributed by atoms with Crippen LogP contribution < -0.4 is 31.7 Å². The van der Waals surface area contributed by atoms with Gasteiger partial charge in [0.25, 0.3) is 0 Å². The Bertz CT molecular complexity index is 730. The lowest BCUT2D eigenvalue weighted by atomic mass is 10.1. The van der Waals surface area contributed by atoms with Gasteiger partial charge in [-0.25, -0.2) is 0 Å². The van der Waals surface area contributed by atoms with Gasteiger partial charge < -0.3 is 31.7 Å². The molecule has 1 heterocycles. The van der Waals surface area contributed by atoms with Crippen LogP contribution in [0.1, 0.15) is 5.56 Å². The highest BCUT2D eigenvalue weighted by Crippen LogP contribution is 2.33. The van der Waals surface area contributed by atoms with Crippen LogP contribution in [0, 0.1) is 0 Å². The first-order chi connectivity index (χ1) is 12.6. The molecule has 0 aliphatic carbocycles. The molecule has 0 radical (unpaired) electrons. The van der Waals surface area contributed by atoms with Gasteiger partial charge in [-0.1, -0.05) is 35.3 Å². The molecule has 3 rings (SSSR count). The predicted molar refractivity (Wildman–Crippen MR) is 107 cm³/mol. The van der Waals surface area contributed by atoms with Gasteiger partial charge in [0.05, 0.1) is 62.7 Å². The molecule has 0 unspecified atom stereocenters. The quantitative estimate of drug-likeness (QED) is 0.695. The molecule has 7 heteroatoms. The fourth-order valence-corrected chi connectivity index (χ4v) is 4.08. The number of hydrogen-bond acceptors (Lipinski definition) is 3. The van der Waals surface area contributed by atoms with Gasteiger partial charge in [0, 0.05) is 6.42 Å². The molecule has 1 aliphatic heterocycles. The average Bonchev–Trinajstić information content (AvgIpc) is 2.67. The van der Waals surface area contributed by atoms with E-state index in [1.807, 2.05) is 24.3 Å². The maximum absolute atomic E-state index is 6.34. The molecule has 0 saturated carbocycles. The highest BCUT2D eigenvalue weighted by Gasteiger charge is 2.23. The molecule has 0 spiro atoms. The monoisotopic (exact) mass is 430 g/mol. The minimum Gasteiger partial charge on any atom is -1.00 e. The van der Waals surface area contributed by atoms with Crippen molar-refractivity contribution in [1.29, 1.82) is 0 Å². The molecule has 148 valence electrons. The van der Waals surface area contributed by atoms with Gasteiger partial charge in [-0.05, 0) is 29.8 Å². The Morgan fingerprint density at radius 2 is 1.59 bits per heavy atom. The largest absolute Gasteiger partial charge is 1.00 e. The van der Waals surface area contributed by atoms with Crippen molar-refractivity contribution in [2.24, 2.45) is 0 Å². The van der Waals surface area contributed by atoms with Crippen LogP contribution in [-0.4, -0.2) is 46.9 Å². The van der Waals surface area contributed by atoms with E-state index in [0.29, 0.717) is 0 Å². The lowest BCUT2D eigenvalue weighted by Gasteiger charge is -2.34. The SMILES string of the molecule is COc1ccc(CC[NH+]2CCN(c3c(Cl)cccc3Cl)CC2)cc1OC.[Cl-]. The smallest absolute Gasteiger partial charge is 0.160 e. The van der Waals surface area contributed by atoms with Crippen molar-refractivity contribution in [3.8, 4) is 11.5 Å². The van der Waals surface area contributed by atoms with Crippen molar-refractivity contribution in [3.63, 3.8) is 0 Å². The van der Waals surface area contributed by atoms with Gasteiger partial charge in [-0.15, -0.1) is 0 Å². The van der Waals surface area contributed by atoms with Crippen LogP contribution in [-0.2, 0) is 6.42 Å². The molecule has 2 aromatic rings. The topological polar surface area (TPSA) is 26.1 Å². The van der Waals surface area contributed by atoms with Gasteiger partial charge in [-0.2, -0.15) is 0 Å². The third-order valence-electron chi connectivity index (χ3n) is 4.94. The summed E-state index contributed by atoms with van der Waals surface area (Å²) >= 11 is 12.7. The Balaban J connectivity index is 0.00000261. The van der Waals surface area contributed by atoms with Crippen molar-refractivity contribution in [1.82, 2.24) is 0 Å². The van der Waals surface area contributed by atoms with E-state index in [0.717, 1.165) is 66.4 Å². The second-order valence-electron chi connectivity index (χ2n) is 6.50. The standard InChI is InChI=1S/C20H24Cl2N2O2.ClH/c1-25-18-7-6-15(14-19(18)26-2)8-9-23-10-12-24(13-11-23)20-16(21)4-3-5-17(20)22;/h3-7,14H,8-13H2,1-2H3;1H. The normalized spacial score (nSPS) is 14.6. The lowest BCUT2D eigenvalue weighted by molar-refractivity contribution is -0.900. The summed E-state index contributed by atoms with van der Waals surface area (Å²) in [7, 11) is 3.33. The van der Waals surface area contributed by atoms with E-state index in [1.54, 1.807) is 19.1 Å².